The van der Waals surface area contributed by atoms with Crippen LogP contribution in [0, 0.1) is 0 Å². The van der Waals surface area contributed by atoms with Crippen molar-refractivity contribution in [2.24, 2.45) is 0 Å². The quantitative estimate of drug-likeness (QED) is 0.699. The van der Waals surface area contributed by atoms with Gasteiger partial charge in [-0.2, -0.15) is 0 Å². The molecule has 2 saturated heterocycles. The van der Waals surface area contributed by atoms with Crippen molar-refractivity contribution in [1.29, 1.82) is 0 Å². The molecule has 0 unspecified atom stereocenters. The molecular formula is C9H15NO3. The third-order valence-electron chi connectivity index (χ3n) is 2.68. The summed E-state index contributed by atoms with van der Waals surface area (Å²) in [5, 5.41) is 2.83. The Kier molecular flexibility index (Phi) is 2.40. The molecule has 2 aliphatic heterocycles. The molecule has 2 heterocycles. The second kappa shape index (κ2) is 3.54. The van der Waals surface area contributed by atoms with Crippen molar-refractivity contribution in [3.63, 3.8) is 0 Å². The summed E-state index contributed by atoms with van der Waals surface area (Å²) in [6.07, 6.45) is 3.45. The van der Waals surface area contributed by atoms with Crippen LogP contribution < -0.4 is 5.32 Å². The highest BCUT2D eigenvalue weighted by Crippen LogP contribution is 2.34. The van der Waals surface area contributed by atoms with Crippen molar-refractivity contribution < 1.29 is 14.3 Å². The average Bonchev–Trinajstić information content (AvgIpc) is 2.65. The van der Waals surface area contributed by atoms with Gasteiger partial charge in [0.2, 0.25) is 0 Å². The first-order valence-electron chi connectivity index (χ1n) is 4.88. The molecule has 1 N–H and O–H groups in total. The van der Waals surface area contributed by atoms with E-state index in [9.17, 15) is 4.79 Å². The molecule has 0 aromatic rings. The van der Waals surface area contributed by atoms with Crippen LogP contribution in [0.1, 0.15) is 26.2 Å². The second-order valence-electron chi connectivity index (χ2n) is 3.58. The monoisotopic (exact) mass is 185 g/mol. The number of carbonyl (C=O) groups is 1. The summed E-state index contributed by atoms with van der Waals surface area (Å²) in [6, 6.07) is 0.179. The average molecular weight is 185 g/mol. The number of alkyl carbamates (subject to hydrolysis) is 1. The number of nitrogens with one attached hydrogen (secondary N) is 1. The van der Waals surface area contributed by atoms with Gasteiger partial charge in [0.1, 0.15) is 0 Å². The zero-order valence-electron chi connectivity index (χ0n) is 7.79. The van der Waals surface area contributed by atoms with Gasteiger partial charge in [-0.05, 0) is 26.2 Å². The minimum atomic E-state index is -0.316. The Labute approximate surface area is 77.6 Å². The molecule has 0 aliphatic carbocycles. The number of ether oxygens (including phenoxy) is 2. The maximum atomic E-state index is 11.1. The third-order valence-corrected chi connectivity index (χ3v) is 2.68. The Morgan fingerprint density at radius 2 is 2.46 bits per heavy atom. The fourth-order valence-corrected chi connectivity index (χ4v) is 2.11. The third kappa shape index (κ3) is 1.77. The lowest BCUT2D eigenvalue weighted by Crippen LogP contribution is -2.41. The molecule has 2 rings (SSSR count). The first-order valence-corrected chi connectivity index (χ1v) is 4.88. The fourth-order valence-electron chi connectivity index (χ4n) is 2.11. The van der Waals surface area contributed by atoms with Crippen molar-refractivity contribution in [2.75, 3.05) is 6.61 Å². The molecule has 0 aromatic carbocycles. The first-order chi connectivity index (χ1) is 6.29. The Bertz CT molecular complexity index is 207. The van der Waals surface area contributed by atoms with Crippen LogP contribution in [0.4, 0.5) is 4.79 Å². The Morgan fingerprint density at radius 3 is 3.00 bits per heavy atom. The maximum absolute atomic E-state index is 11.1. The van der Waals surface area contributed by atoms with Crippen molar-refractivity contribution >= 4 is 6.09 Å². The summed E-state index contributed by atoms with van der Waals surface area (Å²) in [5.41, 5.74) is 0. The van der Waals surface area contributed by atoms with E-state index in [0.717, 1.165) is 19.3 Å². The van der Waals surface area contributed by atoms with Crippen LogP contribution in [0.3, 0.4) is 0 Å². The van der Waals surface area contributed by atoms with Gasteiger partial charge in [0.15, 0.2) is 0 Å². The maximum Gasteiger partial charge on any atom is 0.407 e. The molecule has 3 atom stereocenters. The number of carbonyl (C=O) groups excluding carboxylic acids is 1. The first kappa shape index (κ1) is 8.81. The van der Waals surface area contributed by atoms with Crippen LogP contribution in [0.25, 0.3) is 0 Å². The van der Waals surface area contributed by atoms with Gasteiger partial charge in [0, 0.05) is 0 Å². The molecule has 0 saturated carbocycles. The van der Waals surface area contributed by atoms with Crippen LogP contribution in [0.5, 0.6) is 0 Å². The van der Waals surface area contributed by atoms with Gasteiger partial charge >= 0.3 is 6.09 Å². The molecule has 2 bridgehead atoms. The predicted molar refractivity (Wildman–Crippen MR) is 46.5 cm³/mol. The molecule has 0 radical (unpaired) electrons. The molecular weight excluding hydrogens is 170 g/mol. The van der Waals surface area contributed by atoms with Crippen molar-refractivity contribution in [3.8, 4) is 0 Å². The van der Waals surface area contributed by atoms with E-state index in [1.807, 2.05) is 0 Å². The van der Waals surface area contributed by atoms with Crippen LogP contribution in [-0.4, -0.2) is 30.9 Å². The molecule has 2 aliphatic rings. The predicted octanol–water partition coefficient (Wildman–Crippen LogP) is 1.05. The van der Waals surface area contributed by atoms with Gasteiger partial charge in [-0.25, -0.2) is 4.79 Å². The van der Waals surface area contributed by atoms with Crippen molar-refractivity contribution in [2.45, 2.75) is 44.4 Å². The van der Waals surface area contributed by atoms with Gasteiger partial charge in [0.05, 0.1) is 24.9 Å². The SMILES string of the molecule is CCOC(=O)N[C@H]1C[C@@H]2CC[C@H]1O2. The highest BCUT2D eigenvalue weighted by molar-refractivity contribution is 5.67. The highest BCUT2D eigenvalue weighted by atomic mass is 16.5. The van der Waals surface area contributed by atoms with Crippen LogP contribution in [-0.2, 0) is 9.47 Å². The molecule has 2 fully saturated rings. The van der Waals surface area contributed by atoms with Crippen molar-refractivity contribution in [3.05, 3.63) is 0 Å². The zero-order chi connectivity index (χ0) is 9.26. The number of hydrogen-bond donors (Lipinski definition) is 1. The summed E-state index contributed by atoms with van der Waals surface area (Å²) in [6.45, 7) is 2.23. The second-order valence-corrected chi connectivity index (χ2v) is 3.58. The van der Waals surface area contributed by atoms with Crippen molar-refractivity contribution in [1.82, 2.24) is 5.32 Å². The van der Waals surface area contributed by atoms with E-state index in [1.165, 1.54) is 0 Å². The summed E-state index contributed by atoms with van der Waals surface area (Å²) in [5.74, 6) is 0. The Hall–Kier alpha value is -0.770. The number of hydrogen-bond acceptors (Lipinski definition) is 3. The fraction of sp³-hybridized carbons (Fsp3) is 0.889. The molecule has 74 valence electrons. The normalized spacial score (nSPS) is 36.2. The molecule has 13 heavy (non-hydrogen) atoms. The standard InChI is InChI=1S/C9H15NO3/c1-2-12-9(11)10-7-5-6-3-4-8(7)13-6/h6-8H,2-5H2,1H3,(H,10,11)/t6-,7-,8+/m0/s1. The van der Waals surface area contributed by atoms with Crippen LogP contribution in [0.15, 0.2) is 0 Å². The van der Waals surface area contributed by atoms with E-state index in [2.05, 4.69) is 5.32 Å². The van der Waals surface area contributed by atoms with E-state index in [4.69, 9.17) is 9.47 Å². The highest BCUT2D eigenvalue weighted by Gasteiger charge is 2.41. The number of amides is 1. The number of rotatable bonds is 2. The Balaban J connectivity index is 1.79. The zero-order valence-corrected chi connectivity index (χ0v) is 7.79. The number of fused-ring (bicyclic) bond motifs is 2. The topological polar surface area (TPSA) is 47.6 Å². The van der Waals surface area contributed by atoms with E-state index in [-0.39, 0.29) is 18.2 Å². The molecule has 4 heteroatoms. The van der Waals surface area contributed by atoms with E-state index in [1.54, 1.807) is 6.92 Å². The van der Waals surface area contributed by atoms with Gasteiger partial charge in [-0.15, -0.1) is 0 Å². The smallest absolute Gasteiger partial charge is 0.407 e. The lowest BCUT2D eigenvalue weighted by molar-refractivity contribution is 0.0940. The molecule has 0 aromatic heterocycles. The summed E-state index contributed by atoms with van der Waals surface area (Å²) in [7, 11) is 0. The lowest BCUT2D eigenvalue weighted by Gasteiger charge is -2.19. The van der Waals surface area contributed by atoms with Gasteiger partial charge < -0.3 is 14.8 Å². The summed E-state index contributed by atoms with van der Waals surface area (Å²) < 4.78 is 10.4. The minimum absolute atomic E-state index is 0.179. The van der Waals surface area contributed by atoms with Gasteiger partial charge in [0.25, 0.3) is 0 Å². The summed E-state index contributed by atoms with van der Waals surface area (Å²) >= 11 is 0. The van der Waals surface area contributed by atoms with Crippen LogP contribution in [0.2, 0.25) is 0 Å². The largest absolute Gasteiger partial charge is 0.450 e. The van der Waals surface area contributed by atoms with E-state index in [0.29, 0.717) is 12.7 Å². The van der Waals surface area contributed by atoms with Crippen LogP contribution >= 0.6 is 0 Å². The molecule has 1 amide bonds. The Morgan fingerprint density at radius 1 is 1.62 bits per heavy atom. The van der Waals surface area contributed by atoms with Gasteiger partial charge in [-0.1, -0.05) is 0 Å². The lowest BCUT2D eigenvalue weighted by atomic mass is 9.96. The van der Waals surface area contributed by atoms with E-state index < -0.39 is 0 Å². The summed E-state index contributed by atoms with van der Waals surface area (Å²) in [4.78, 5) is 11.1. The minimum Gasteiger partial charge on any atom is -0.450 e. The molecule has 0 spiro atoms. The van der Waals surface area contributed by atoms with Gasteiger partial charge in [-0.3, -0.25) is 0 Å². The molecule has 4 nitrogen and oxygen atoms in total. The van der Waals surface area contributed by atoms with E-state index >= 15 is 0 Å².